The number of rotatable bonds is 6. The molecule has 30 heavy (non-hydrogen) atoms. The zero-order valence-electron chi connectivity index (χ0n) is 16.7. The van der Waals surface area contributed by atoms with Crippen LogP contribution in [-0.2, 0) is 18.0 Å². The topological polar surface area (TPSA) is 91.2 Å². The van der Waals surface area contributed by atoms with E-state index >= 15 is 0 Å². The fourth-order valence-electron chi connectivity index (χ4n) is 3.22. The van der Waals surface area contributed by atoms with E-state index in [9.17, 15) is 0 Å². The quantitative estimate of drug-likeness (QED) is 0.344. The zero-order valence-corrected chi connectivity index (χ0v) is 18.4. The summed E-state index contributed by atoms with van der Waals surface area (Å²) >= 11 is 0. The first-order valence-electron chi connectivity index (χ1n) is 9.22. The summed E-state index contributed by atoms with van der Waals surface area (Å²) in [6.45, 7) is 5.38. The summed E-state index contributed by atoms with van der Waals surface area (Å²) in [6, 6.07) is 11.7. The van der Waals surface area contributed by atoms with Crippen molar-refractivity contribution in [3.63, 3.8) is 0 Å². The number of nitrogen functional groups attached to an aromatic ring is 1. The molecule has 2 N–H and O–H groups in total. The Labute approximate surface area is 187 Å². The monoisotopic (exact) mass is 446 g/mol. The number of pyridine rings is 2. The number of anilines is 1. The lowest BCUT2D eigenvalue weighted by Crippen LogP contribution is -2.09. The van der Waals surface area contributed by atoms with E-state index in [-0.39, 0.29) is 31.4 Å². The molecule has 0 saturated carbocycles. The number of hydrogen-bond donors (Lipinski definition) is 1. The number of aromatic nitrogens is 4. The summed E-state index contributed by atoms with van der Waals surface area (Å²) in [4.78, 5) is 18.8. The van der Waals surface area contributed by atoms with Crippen molar-refractivity contribution in [2.45, 2.75) is 27.0 Å². The number of benzene rings is 1. The molecule has 0 spiro atoms. The minimum Gasteiger partial charge on any atom is -0.388 e. The van der Waals surface area contributed by atoms with Crippen LogP contribution in [0.1, 0.15) is 25.2 Å². The summed E-state index contributed by atoms with van der Waals surface area (Å²) < 4.78 is 2.17. The van der Waals surface area contributed by atoms with Crippen molar-refractivity contribution in [3.05, 3.63) is 60.2 Å². The minimum absolute atomic E-state index is 0. The number of oxime groups is 1. The molecule has 0 aliphatic carbocycles. The Morgan fingerprint density at radius 1 is 1.13 bits per heavy atom. The molecule has 0 saturated heterocycles. The lowest BCUT2D eigenvalue weighted by atomic mass is 10.1. The number of hydrogen-bond acceptors (Lipinski definition) is 6. The predicted molar refractivity (Wildman–Crippen MR) is 125 cm³/mol. The van der Waals surface area contributed by atoms with Gasteiger partial charge in [-0.25, -0.2) is 9.97 Å². The van der Waals surface area contributed by atoms with Gasteiger partial charge in [0.15, 0.2) is 18.2 Å². The highest BCUT2D eigenvalue weighted by Crippen LogP contribution is 2.29. The Balaban J connectivity index is 0.00000160. The fourth-order valence-corrected chi connectivity index (χ4v) is 3.22. The van der Waals surface area contributed by atoms with Gasteiger partial charge in [0.25, 0.3) is 0 Å². The summed E-state index contributed by atoms with van der Waals surface area (Å²) in [5, 5.41) is 5.08. The molecular formula is C21H24Cl2N6O. The van der Waals surface area contributed by atoms with Crippen LogP contribution in [0.25, 0.3) is 21.9 Å². The molecule has 0 aliphatic rings. The number of nitrogens with zero attached hydrogens (tertiary/aromatic N) is 5. The molecular weight excluding hydrogens is 423 g/mol. The third-order valence-electron chi connectivity index (χ3n) is 4.39. The molecule has 1 aromatic carbocycles. The van der Waals surface area contributed by atoms with E-state index < -0.39 is 0 Å². The molecule has 0 bridgehead atoms. The van der Waals surface area contributed by atoms with Crippen molar-refractivity contribution >= 4 is 58.8 Å². The second-order valence-electron chi connectivity index (χ2n) is 7.04. The second-order valence-corrected chi connectivity index (χ2v) is 7.04. The maximum Gasteiger partial charge on any atom is 0.174 e. The van der Waals surface area contributed by atoms with Crippen LogP contribution in [-0.4, -0.2) is 25.7 Å². The first-order chi connectivity index (χ1) is 13.6. The summed E-state index contributed by atoms with van der Waals surface area (Å²) in [7, 11) is 0. The summed E-state index contributed by atoms with van der Waals surface area (Å²) in [5.74, 6) is 1.64. The Morgan fingerprint density at radius 2 is 1.93 bits per heavy atom. The molecule has 3 aromatic heterocycles. The Hall–Kier alpha value is -2.90. The molecule has 7 nitrogen and oxygen atoms in total. The van der Waals surface area contributed by atoms with Crippen LogP contribution in [0.2, 0.25) is 0 Å². The van der Waals surface area contributed by atoms with E-state index in [0.717, 1.165) is 34.4 Å². The van der Waals surface area contributed by atoms with Gasteiger partial charge in [-0.1, -0.05) is 43.3 Å². The number of halogens is 2. The van der Waals surface area contributed by atoms with Crippen molar-refractivity contribution in [1.82, 2.24) is 19.5 Å². The lowest BCUT2D eigenvalue weighted by molar-refractivity contribution is 0.123. The van der Waals surface area contributed by atoms with Crippen molar-refractivity contribution in [3.8, 4) is 0 Å². The van der Waals surface area contributed by atoms with Gasteiger partial charge in [-0.05, 0) is 18.1 Å². The average molecular weight is 447 g/mol. The van der Waals surface area contributed by atoms with Gasteiger partial charge >= 0.3 is 0 Å². The van der Waals surface area contributed by atoms with Crippen molar-refractivity contribution in [1.29, 1.82) is 0 Å². The summed E-state index contributed by atoms with van der Waals surface area (Å²) in [6.07, 6.45) is 5.07. The largest absolute Gasteiger partial charge is 0.388 e. The van der Waals surface area contributed by atoms with Gasteiger partial charge in [-0.15, -0.1) is 24.8 Å². The third kappa shape index (κ3) is 4.80. The Morgan fingerprint density at radius 3 is 2.67 bits per heavy atom. The molecule has 9 heteroatoms. The van der Waals surface area contributed by atoms with Gasteiger partial charge in [0.2, 0.25) is 0 Å². The predicted octanol–water partition coefficient (Wildman–Crippen LogP) is 4.61. The fraction of sp³-hybridized carbons (Fsp3) is 0.238. The number of nitrogens with two attached hydrogens (primary N) is 1. The molecule has 4 aromatic rings. The van der Waals surface area contributed by atoms with Gasteiger partial charge in [0.1, 0.15) is 5.52 Å². The molecule has 0 radical (unpaired) electrons. The summed E-state index contributed by atoms with van der Waals surface area (Å²) in [5.41, 5.74) is 9.63. The standard InChI is InChI=1S/C21H22N6O.2ClH/c1-14(2)12-27-18(13-28-24-11-15-6-5-9-23-10-15)26-19-20(27)16-7-3-4-8-17(16)25-21(19)22;;/h3-11,14H,12-13H2,1-2H3,(H2,22,25);2*1H/b24-11+;;. The average Bonchev–Trinajstić information content (AvgIpc) is 3.05. The Bertz CT molecular complexity index is 1140. The van der Waals surface area contributed by atoms with Crippen LogP contribution in [0.15, 0.2) is 53.9 Å². The number of para-hydroxylation sites is 1. The van der Waals surface area contributed by atoms with Gasteiger partial charge in [0, 0.05) is 29.9 Å². The van der Waals surface area contributed by atoms with E-state index in [0.29, 0.717) is 17.3 Å². The van der Waals surface area contributed by atoms with Gasteiger partial charge in [-0.3, -0.25) is 4.98 Å². The van der Waals surface area contributed by atoms with Crippen molar-refractivity contribution in [2.24, 2.45) is 11.1 Å². The van der Waals surface area contributed by atoms with Gasteiger partial charge in [0.05, 0.1) is 17.2 Å². The van der Waals surface area contributed by atoms with Crippen LogP contribution in [0.4, 0.5) is 5.82 Å². The first kappa shape index (κ1) is 23.4. The van der Waals surface area contributed by atoms with E-state index in [4.69, 9.17) is 15.6 Å². The third-order valence-corrected chi connectivity index (χ3v) is 4.39. The SMILES string of the molecule is CC(C)Cn1c(CO/N=C/c2cccnc2)nc2c(N)nc3ccccc3c21.Cl.Cl. The molecule has 4 rings (SSSR count). The highest BCUT2D eigenvalue weighted by Gasteiger charge is 2.18. The van der Waals surface area contributed by atoms with Crippen LogP contribution in [0.5, 0.6) is 0 Å². The molecule has 158 valence electrons. The first-order valence-corrected chi connectivity index (χ1v) is 9.22. The normalized spacial score (nSPS) is 11.0. The van der Waals surface area contributed by atoms with E-state index in [1.165, 1.54) is 0 Å². The van der Waals surface area contributed by atoms with Gasteiger partial charge in [-0.2, -0.15) is 0 Å². The highest BCUT2D eigenvalue weighted by atomic mass is 35.5. The molecule has 0 unspecified atom stereocenters. The van der Waals surface area contributed by atoms with Crippen LogP contribution in [0, 0.1) is 5.92 Å². The van der Waals surface area contributed by atoms with Gasteiger partial charge < -0.3 is 15.1 Å². The highest BCUT2D eigenvalue weighted by molar-refractivity contribution is 6.06. The molecule has 0 atom stereocenters. The maximum atomic E-state index is 6.20. The molecule has 0 fully saturated rings. The smallest absolute Gasteiger partial charge is 0.174 e. The lowest BCUT2D eigenvalue weighted by Gasteiger charge is -2.12. The van der Waals surface area contributed by atoms with Crippen molar-refractivity contribution < 1.29 is 4.84 Å². The second kappa shape index (κ2) is 10.2. The van der Waals surface area contributed by atoms with Crippen LogP contribution < -0.4 is 5.73 Å². The van der Waals surface area contributed by atoms with E-state index in [1.807, 2.05) is 36.4 Å². The van der Waals surface area contributed by atoms with Crippen molar-refractivity contribution in [2.75, 3.05) is 5.73 Å². The minimum atomic E-state index is 0. The molecule has 3 heterocycles. The van der Waals surface area contributed by atoms with E-state index in [1.54, 1.807) is 18.6 Å². The molecule has 0 aliphatic heterocycles. The van der Waals surface area contributed by atoms with Crippen LogP contribution >= 0.6 is 24.8 Å². The Kier molecular flexibility index (Phi) is 7.97. The zero-order chi connectivity index (χ0) is 19.5. The van der Waals surface area contributed by atoms with E-state index in [2.05, 4.69) is 33.5 Å². The maximum absolute atomic E-state index is 6.20. The number of fused-ring (bicyclic) bond motifs is 3. The van der Waals surface area contributed by atoms with Crippen LogP contribution in [0.3, 0.4) is 0 Å². The number of imidazole rings is 1. The molecule has 0 amide bonds.